The van der Waals surface area contributed by atoms with Gasteiger partial charge in [-0.15, -0.1) is 0 Å². The summed E-state index contributed by atoms with van der Waals surface area (Å²) in [6.45, 7) is 2.69. The van der Waals surface area contributed by atoms with Gasteiger partial charge in [0.15, 0.2) is 0 Å². The van der Waals surface area contributed by atoms with Crippen LogP contribution in [0.2, 0.25) is 0 Å². The molecule has 0 spiro atoms. The van der Waals surface area contributed by atoms with Gasteiger partial charge in [0.25, 0.3) is 0 Å². The highest BCUT2D eigenvalue weighted by molar-refractivity contribution is 8.00. The number of β-amino-alcohol motifs (C(OH)–C–C–N with tert-alkyl or cyclic N) is 1. The number of carbonyl (C=O) groups excluding carboxylic acids is 1. The van der Waals surface area contributed by atoms with E-state index >= 15 is 0 Å². The number of rotatable bonds is 6. The summed E-state index contributed by atoms with van der Waals surface area (Å²) in [4.78, 5) is 18.5. The van der Waals surface area contributed by atoms with Crippen LogP contribution >= 0.6 is 11.8 Å². The molecule has 7 nitrogen and oxygen atoms in total. The SMILES string of the molecule is CCc1c(C#N)c(SC(C(N)=O)c2ccc(F)cc2)nc(N2CC[C@H](O)C2)c1C#N. The number of nitrogens with zero attached hydrogens (tertiary/aromatic N) is 4. The fraction of sp³-hybridized carbons (Fsp3) is 0.333. The third-order valence-electron chi connectivity index (χ3n) is 4.95. The number of nitrogens with two attached hydrogens (primary N) is 1. The predicted octanol–water partition coefficient (Wildman–Crippen LogP) is 2.42. The van der Waals surface area contributed by atoms with Gasteiger partial charge in [-0.1, -0.05) is 30.8 Å². The van der Waals surface area contributed by atoms with Gasteiger partial charge in [0, 0.05) is 13.1 Å². The van der Waals surface area contributed by atoms with Crippen LogP contribution in [0.15, 0.2) is 29.3 Å². The Bertz CT molecular complexity index is 1050. The standard InChI is InChI=1S/C21H20FN5O2S/c1-2-15-16(9-23)20(27-8-7-14(28)11-27)26-21(17(15)10-24)30-18(19(25)29)12-3-5-13(22)6-4-12/h3-6,14,18,28H,2,7-8,11H2,1H3,(H2,25,29)/t14-,18?/m0/s1. The number of hydrogen-bond acceptors (Lipinski definition) is 7. The van der Waals surface area contributed by atoms with Gasteiger partial charge in [-0.25, -0.2) is 9.37 Å². The van der Waals surface area contributed by atoms with Crippen molar-refractivity contribution in [2.45, 2.75) is 36.1 Å². The van der Waals surface area contributed by atoms with Crippen LogP contribution in [-0.2, 0) is 11.2 Å². The van der Waals surface area contributed by atoms with Gasteiger partial charge in [-0.05, 0) is 36.1 Å². The van der Waals surface area contributed by atoms with Crippen molar-refractivity contribution in [3.63, 3.8) is 0 Å². The molecule has 2 aromatic rings. The quantitative estimate of drug-likeness (QED) is 0.680. The summed E-state index contributed by atoms with van der Waals surface area (Å²) >= 11 is 1.00. The number of aliphatic hydroxyl groups is 1. The van der Waals surface area contributed by atoms with Gasteiger partial charge in [0.1, 0.15) is 34.0 Å². The molecule has 2 heterocycles. The second-order valence-corrected chi connectivity index (χ2v) is 7.98. The van der Waals surface area contributed by atoms with Crippen molar-refractivity contribution in [2.24, 2.45) is 5.73 Å². The summed E-state index contributed by atoms with van der Waals surface area (Å²) in [7, 11) is 0. The molecule has 1 aromatic carbocycles. The fourth-order valence-corrected chi connectivity index (χ4v) is 4.53. The maximum absolute atomic E-state index is 13.3. The lowest BCUT2D eigenvalue weighted by Gasteiger charge is -2.22. The average Bonchev–Trinajstić information content (AvgIpc) is 3.17. The van der Waals surface area contributed by atoms with Crippen LogP contribution in [0.25, 0.3) is 0 Å². The first-order valence-electron chi connectivity index (χ1n) is 9.41. The fourth-order valence-electron chi connectivity index (χ4n) is 3.47. The summed E-state index contributed by atoms with van der Waals surface area (Å²) in [5, 5.41) is 28.8. The van der Waals surface area contributed by atoms with Gasteiger partial charge < -0.3 is 15.7 Å². The monoisotopic (exact) mass is 425 g/mol. The number of aliphatic hydroxyl groups excluding tert-OH is 1. The van der Waals surface area contributed by atoms with E-state index in [9.17, 15) is 24.8 Å². The summed E-state index contributed by atoms with van der Waals surface area (Å²) in [5.41, 5.74) is 7.13. The molecule has 0 bridgehead atoms. The number of carbonyl (C=O) groups is 1. The highest BCUT2D eigenvalue weighted by Crippen LogP contribution is 2.40. The van der Waals surface area contributed by atoms with Crippen LogP contribution in [0.3, 0.4) is 0 Å². The average molecular weight is 425 g/mol. The molecule has 1 aromatic heterocycles. The zero-order chi connectivity index (χ0) is 21.8. The van der Waals surface area contributed by atoms with E-state index in [1.807, 2.05) is 11.8 Å². The summed E-state index contributed by atoms with van der Waals surface area (Å²) in [6, 6.07) is 9.65. The molecule has 1 unspecified atom stereocenters. The van der Waals surface area contributed by atoms with Crippen molar-refractivity contribution in [1.29, 1.82) is 10.5 Å². The zero-order valence-corrected chi connectivity index (χ0v) is 17.1. The Morgan fingerprint density at radius 3 is 2.53 bits per heavy atom. The van der Waals surface area contributed by atoms with Crippen LogP contribution in [-0.4, -0.2) is 35.2 Å². The first-order chi connectivity index (χ1) is 14.4. The zero-order valence-electron chi connectivity index (χ0n) is 16.3. The molecule has 0 radical (unpaired) electrons. The van der Waals surface area contributed by atoms with E-state index in [4.69, 9.17) is 5.73 Å². The highest BCUT2D eigenvalue weighted by atomic mass is 32.2. The molecular weight excluding hydrogens is 405 g/mol. The number of benzene rings is 1. The Labute approximate surface area is 177 Å². The third kappa shape index (κ3) is 4.23. The van der Waals surface area contributed by atoms with Gasteiger partial charge in [0.2, 0.25) is 5.91 Å². The largest absolute Gasteiger partial charge is 0.391 e. The number of hydrogen-bond donors (Lipinski definition) is 2. The highest BCUT2D eigenvalue weighted by Gasteiger charge is 2.30. The van der Waals surface area contributed by atoms with Gasteiger partial charge >= 0.3 is 0 Å². The van der Waals surface area contributed by atoms with Crippen LogP contribution in [0.4, 0.5) is 10.2 Å². The molecule has 3 N–H and O–H groups in total. The number of anilines is 1. The normalized spacial score (nSPS) is 16.7. The molecule has 1 amide bonds. The van der Waals surface area contributed by atoms with Crippen LogP contribution in [0.5, 0.6) is 0 Å². The van der Waals surface area contributed by atoms with E-state index in [1.54, 1.807) is 0 Å². The van der Waals surface area contributed by atoms with Crippen molar-refractivity contribution >= 4 is 23.5 Å². The van der Waals surface area contributed by atoms with Crippen LogP contribution in [0.1, 0.15) is 40.8 Å². The molecular formula is C21H20FN5O2S. The molecule has 3 rings (SSSR count). The third-order valence-corrected chi connectivity index (χ3v) is 6.21. The number of thioether (sulfide) groups is 1. The summed E-state index contributed by atoms with van der Waals surface area (Å²) < 4.78 is 13.3. The lowest BCUT2D eigenvalue weighted by Crippen LogP contribution is -2.25. The number of primary amides is 1. The molecule has 1 aliphatic heterocycles. The number of aromatic nitrogens is 1. The number of amides is 1. The minimum atomic E-state index is -0.889. The van der Waals surface area contributed by atoms with Crippen molar-refractivity contribution in [1.82, 2.24) is 4.98 Å². The summed E-state index contributed by atoms with van der Waals surface area (Å²) in [5.74, 6) is -0.711. The molecule has 2 atom stereocenters. The molecule has 1 aliphatic rings. The van der Waals surface area contributed by atoms with Gasteiger partial charge in [0.05, 0.1) is 17.2 Å². The van der Waals surface area contributed by atoms with E-state index in [2.05, 4.69) is 17.1 Å². The topological polar surface area (TPSA) is 127 Å². The minimum Gasteiger partial charge on any atom is -0.391 e. The predicted molar refractivity (Wildman–Crippen MR) is 110 cm³/mol. The Morgan fingerprint density at radius 1 is 1.37 bits per heavy atom. The first-order valence-corrected chi connectivity index (χ1v) is 10.3. The molecule has 0 aliphatic carbocycles. The lowest BCUT2D eigenvalue weighted by atomic mass is 10.0. The van der Waals surface area contributed by atoms with Crippen molar-refractivity contribution in [3.8, 4) is 12.1 Å². The molecule has 154 valence electrons. The Hall–Kier alpha value is -3.14. The Balaban J connectivity index is 2.12. The van der Waals surface area contributed by atoms with E-state index in [0.29, 0.717) is 48.4 Å². The molecule has 30 heavy (non-hydrogen) atoms. The number of pyridine rings is 1. The second kappa shape index (κ2) is 9.12. The lowest BCUT2D eigenvalue weighted by molar-refractivity contribution is -0.117. The Kier molecular flexibility index (Phi) is 6.56. The molecule has 1 fully saturated rings. The first kappa shape index (κ1) is 21.6. The number of nitriles is 2. The van der Waals surface area contributed by atoms with Crippen LogP contribution < -0.4 is 10.6 Å². The maximum atomic E-state index is 13.3. The van der Waals surface area contributed by atoms with Crippen molar-refractivity contribution < 1.29 is 14.3 Å². The van der Waals surface area contributed by atoms with Gasteiger partial charge in [-0.3, -0.25) is 4.79 Å². The summed E-state index contributed by atoms with van der Waals surface area (Å²) in [6.07, 6.45) is 0.451. The smallest absolute Gasteiger partial charge is 0.235 e. The molecule has 0 saturated carbocycles. The maximum Gasteiger partial charge on any atom is 0.235 e. The van der Waals surface area contributed by atoms with E-state index in [0.717, 1.165) is 11.8 Å². The second-order valence-electron chi connectivity index (χ2n) is 6.89. The Morgan fingerprint density at radius 2 is 2.03 bits per heavy atom. The van der Waals surface area contributed by atoms with Gasteiger partial charge in [-0.2, -0.15) is 10.5 Å². The van der Waals surface area contributed by atoms with E-state index in [-0.39, 0.29) is 10.6 Å². The molecule has 9 heteroatoms. The number of halogens is 1. The van der Waals surface area contributed by atoms with Crippen molar-refractivity contribution in [2.75, 3.05) is 18.0 Å². The van der Waals surface area contributed by atoms with Crippen molar-refractivity contribution in [3.05, 3.63) is 52.3 Å². The van der Waals surface area contributed by atoms with E-state index < -0.39 is 23.1 Å². The molecule has 1 saturated heterocycles. The van der Waals surface area contributed by atoms with Crippen LogP contribution in [0, 0.1) is 28.5 Å². The van der Waals surface area contributed by atoms with E-state index in [1.165, 1.54) is 24.3 Å². The minimum absolute atomic E-state index is 0.218.